The lowest BCUT2D eigenvalue weighted by Gasteiger charge is -2.27. The van der Waals surface area contributed by atoms with Crippen LogP contribution < -0.4 is 0 Å². The van der Waals surface area contributed by atoms with Crippen molar-refractivity contribution in [1.82, 2.24) is 0 Å². The molecule has 1 aliphatic heterocycles. The van der Waals surface area contributed by atoms with Crippen LogP contribution in [-0.4, -0.2) is 37.8 Å². The summed E-state index contributed by atoms with van der Waals surface area (Å²) < 4.78 is 13.8. The van der Waals surface area contributed by atoms with Gasteiger partial charge < -0.3 is 4.48 Å². The first-order valence-electron chi connectivity index (χ1n) is 4.06. The van der Waals surface area contributed by atoms with Crippen LogP contribution in [0.2, 0.25) is 0 Å². The van der Waals surface area contributed by atoms with Crippen LogP contribution in [0, 0.1) is 0 Å². The van der Waals surface area contributed by atoms with Crippen molar-refractivity contribution in [3.05, 3.63) is 0 Å². The molecule has 1 saturated heterocycles. The van der Waals surface area contributed by atoms with E-state index in [0.29, 0.717) is 0 Å². The van der Waals surface area contributed by atoms with Crippen LogP contribution >= 0.6 is 0 Å². The van der Waals surface area contributed by atoms with Gasteiger partial charge in [0, 0.05) is 6.42 Å². The number of alkyl halides is 1. The van der Waals surface area contributed by atoms with Crippen molar-refractivity contribution in [1.29, 1.82) is 0 Å². The average molecular weight is 146 g/mol. The zero-order chi connectivity index (χ0) is 7.61. The van der Waals surface area contributed by atoms with E-state index < -0.39 is 6.17 Å². The van der Waals surface area contributed by atoms with E-state index in [9.17, 15) is 4.39 Å². The third kappa shape index (κ3) is 2.25. The highest BCUT2D eigenvalue weighted by Crippen LogP contribution is 2.16. The Labute approximate surface area is 62.4 Å². The molecule has 0 spiro atoms. The molecule has 0 radical (unpaired) electrons. The fraction of sp³-hybridized carbons (Fsp3) is 1.00. The number of hydrogen-bond acceptors (Lipinski definition) is 0. The van der Waals surface area contributed by atoms with Crippen molar-refractivity contribution in [2.75, 3.05) is 27.2 Å². The zero-order valence-electron chi connectivity index (χ0n) is 6.94. The highest BCUT2D eigenvalue weighted by molar-refractivity contribution is 4.59. The molecule has 1 rings (SSSR count). The molecule has 0 N–H and O–H groups in total. The maximum Gasteiger partial charge on any atom is 0.106 e. The van der Waals surface area contributed by atoms with Gasteiger partial charge in [-0.15, -0.1) is 0 Å². The number of rotatable bonds is 0. The lowest BCUT2D eigenvalue weighted by molar-refractivity contribution is -0.889. The van der Waals surface area contributed by atoms with Gasteiger partial charge in [0.2, 0.25) is 0 Å². The third-order valence-corrected chi connectivity index (χ3v) is 2.33. The summed E-state index contributed by atoms with van der Waals surface area (Å²) in [5.74, 6) is 0. The van der Waals surface area contributed by atoms with Gasteiger partial charge in [-0.3, -0.25) is 0 Å². The molecule has 1 heterocycles. The molecule has 0 aliphatic carbocycles. The number of nitrogens with zero attached hydrogens (tertiary/aromatic N) is 1. The summed E-state index contributed by atoms with van der Waals surface area (Å²) >= 11 is 0. The van der Waals surface area contributed by atoms with Gasteiger partial charge in [0.15, 0.2) is 0 Å². The summed E-state index contributed by atoms with van der Waals surface area (Å²) in [7, 11) is 4.36. The summed E-state index contributed by atoms with van der Waals surface area (Å²) in [6.45, 7) is 2.14. The van der Waals surface area contributed by atoms with Crippen molar-refractivity contribution >= 4 is 0 Å². The summed E-state index contributed by atoms with van der Waals surface area (Å²) in [6, 6.07) is 0. The van der Waals surface area contributed by atoms with E-state index in [1.54, 1.807) is 0 Å². The largest absolute Gasteiger partial charge is 0.328 e. The Bertz CT molecular complexity index is 112. The zero-order valence-corrected chi connectivity index (χ0v) is 6.94. The van der Waals surface area contributed by atoms with Crippen LogP contribution in [0.15, 0.2) is 0 Å². The van der Waals surface area contributed by atoms with Crippen molar-refractivity contribution in [3.8, 4) is 0 Å². The highest BCUT2D eigenvalue weighted by Gasteiger charge is 2.22. The van der Waals surface area contributed by atoms with Gasteiger partial charge in [0.05, 0.1) is 27.2 Å². The van der Waals surface area contributed by atoms with Crippen LogP contribution in [0.3, 0.4) is 0 Å². The standard InChI is InChI=1S/C8H17FN/c1-10(2)6-3-4-8(9)5-7-10/h8H,3-7H2,1-2H3/q+1. The Kier molecular flexibility index (Phi) is 2.29. The second-order valence-electron chi connectivity index (χ2n) is 3.91. The van der Waals surface area contributed by atoms with E-state index in [4.69, 9.17) is 0 Å². The van der Waals surface area contributed by atoms with Gasteiger partial charge in [-0.2, -0.15) is 0 Å². The first-order valence-corrected chi connectivity index (χ1v) is 4.06. The third-order valence-electron chi connectivity index (χ3n) is 2.33. The van der Waals surface area contributed by atoms with Gasteiger partial charge in [0.25, 0.3) is 0 Å². The van der Waals surface area contributed by atoms with Crippen molar-refractivity contribution in [2.24, 2.45) is 0 Å². The first-order chi connectivity index (χ1) is 4.60. The van der Waals surface area contributed by atoms with Gasteiger partial charge in [-0.25, -0.2) is 4.39 Å². The van der Waals surface area contributed by atoms with Gasteiger partial charge in [-0.1, -0.05) is 0 Å². The Morgan fingerprint density at radius 1 is 1.20 bits per heavy atom. The maximum atomic E-state index is 12.8. The minimum absolute atomic E-state index is 0.528. The van der Waals surface area contributed by atoms with Crippen LogP contribution in [-0.2, 0) is 0 Å². The average Bonchev–Trinajstić information content (AvgIpc) is 1.94. The van der Waals surface area contributed by atoms with Crippen LogP contribution in [0.25, 0.3) is 0 Å². The minimum atomic E-state index is -0.528. The molecule has 1 aliphatic rings. The summed E-state index contributed by atoms with van der Waals surface area (Å²) in [4.78, 5) is 0. The fourth-order valence-corrected chi connectivity index (χ4v) is 1.49. The molecular weight excluding hydrogens is 129 g/mol. The summed E-state index contributed by atoms with van der Waals surface area (Å²) in [5.41, 5.74) is 0. The van der Waals surface area contributed by atoms with E-state index in [1.165, 1.54) is 0 Å². The predicted molar refractivity (Wildman–Crippen MR) is 40.6 cm³/mol. The highest BCUT2D eigenvalue weighted by atomic mass is 19.1. The lowest BCUT2D eigenvalue weighted by atomic mass is 10.2. The van der Waals surface area contributed by atoms with Gasteiger partial charge in [-0.05, 0) is 12.8 Å². The smallest absolute Gasteiger partial charge is 0.106 e. The molecule has 60 valence electrons. The molecule has 1 unspecified atom stereocenters. The second-order valence-corrected chi connectivity index (χ2v) is 3.91. The molecule has 0 saturated carbocycles. The molecule has 10 heavy (non-hydrogen) atoms. The summed E-state index contributed by atoms with van der Waals surface area (Å²) in [6.07, 6.45) is 2.06. The molecule has 0 aromatic heterocycles. The van der Waals surface area contributed by atoms with Crippen molar-refractivity contribution in [2.45, 2.75) is 25.4 Å². The molecule has 1 atom stereocenters. The predicted octanol–water partition coefficient (Wildman–Crippen LogP) is 1.58. The van der Waals surface area contributed by atoms with E-state index >= 15 is 0 Å². The van der Waals surface area contributed by atoms with Crippen LogP contribution in [0.5, 0.6) is 0 Å². The Hall–Kier alpha value is -0.110. The Balaban J connectivity index is 2.41. The second kappa shape index (κ2) is 2.87. The molecule has 1 fully saturated rings. The van der Waals surface area contributed by atoms with Crippen LogP contribution in [0.4, 0.5) is 4.39 Å². The minimum Gasteiger partial charge on any atom is -0.328 e. The van der Waals surface area contributed by atoms with Gasteiger partial charge in [0.1, 0.15) is 6.17 Å². The van der Waals surface area contributed by atoms with E-state index in [-0.39, 0.29) is 0 Å². The normalized spacial score (nSPS) is 33.3. The number of likely N-dealkylation sites (tertiary alicyclic amines) is 1. The SMILES string of the molecule is C[N+]1(C)CCCC(F)CC1. The van der Waals surface area contributed by atoms with E-state index in [0.717, 1.165) is 36.8 Å². The van der Waals surface area contributed by atoms with Gasteiger partial charge >= 0.3 is 0 Å². The van der Waals surface area contributed by atoms with E-state index in [1.807, 2.05) is 0 Å². The molecule has 0 aromatic rings. The number of quaternary nitrogens is 1. The van der Waals surface area contributed by atoms with Crippen molar-refractivity contribution in [3.63, 3.8) is 0 Å². The molecular formula is C8H17FN+. The molecule has 1 nitrogen and oxygen atoms in total. The summed E-state index contributed by atoms with van der Waals surface area (Å²) in [5, 5.41) is 0. The number of hydrogen-bond donors (Lipinski definition) is 0. The number of halogens is 1. The topological polar surface area (TPSA) is 0 Å². The Morgan fingerprint density at radius 3 is 2.60 bits per heavy atom. The first kappa shape index (κ1) is 7.99. The van der Waals surface area contributed by atoms with E-state index in [2.05, 4.69) is 14.1 Å². The molecule has 2 heteroatoms. The van der Waals surface area contributed by atoms with Crippen molar-refractivity contribution < 1.29 is 8.87 Å². The molecule has 0 amide bonds. The quantitative estimate of drug-likeness (QED) is 0.455. The maximum absolute atomic E-state index is 12.8. The Morgan fingerprint density at radius 2 is 1.90 bits per heavy atom. The molecule has 0 bridgehead atoms. The van der Waals surface area contributed by atoms with Crippen LogP contribution in [0.1, 0.15) is 19.3 Å². The monoisotopic (exact) mass is 146 g/mol. The molecule has 0 aromatic carbocycles. The fourth-order valence-electron chi connectivity index (χ4n) is 1.49. The lowest BCUT2D eigenvalue weighted by Crippen LogP contribution is -2.40.